The smallest absolute Gasteiger partial charge is 0.298 e. The summed E-state index contributed by atoms with van der Waals surface area (Å²) >= 11 is 0. The summed E-state index contributed by atoms with van der Waals surface area (Å²) in [6, 6.07) is 10.6. The van der Waals surface area contributed by atoms with Gasteiger partial charge in [0.25, 0.3) is 20.2 Å². The molecule has 2 aromatic rings. The van der Waals surface area contributed by atoms with Gasteiger partial charge in [0.1, 0.15) is 9.79 Å². The lowest BCUT2D eigenvalue weighted by Crippen LogP contribution is -2.06. The Bertz CT molecular complexity index is 848. The van der Waals surface area contributed by atoms with Gasteiger partial charge in [-0.1, -0.05) is 30.3 Å². The Morgan fingerprint density at radius 2 is 1.23 bits per heavy atom. The van der Waals surface area contributed by atoms with E-state index in [1.165, 1.54) is 0 Å². The van der Waals surface area contributed by atoms with Crippen molar-refractivity contribution < 1.29 is 31.0 Å². The van der Waals surface area contributed by atoms with Crippen molar-refractivity contribution in [3.63, 3.8) is 0 Å². The molecule has 22 heavy (non-hydrogen) atoms. The van der Waals surface area contributed by atoms with Crippen LogP contribution in [0.25, 0.3) is 0 Å². The zero-order valence-electron chi connectivity index (χ0n) is 11.0. The molecule has 3 N–H and O–H groups in total. The van der Waals surface area contributed by atoms with Gasteiger partial charge in [-0.05, 0) is 29.7 Å². The first-order valence-electron chi connectivity index (χ1n) is 5.94. The van der Waals surface area contributed by atoms with Crippen molar-refractivity contribution in [2.75, 3.05) is 0 Å². The second kappa shape index (κ2) is 5.69. The van der Waals surface area contributed by atoms with Crippen LogP contribution in [0.3, 0.4) is 0 Å². The van der Waals surface area contributed by atoms with E-state index in [-0.39, 0.29) is 12.0 Å². The maximum Gasteiger partial charge on any atom is 0.298 e. The SMILES string of the molecule is O=S(=O)(O)c1cc(Cc2ccccc2)cc(S(=O)(=O)O)c1O. The minimum Gasteiger partial charge on any atom is -0.505 e. The van der Waals surface area contributed by atoms with Crippen LogP contribution in [0.15, 0.2) is 52.3 Å². The minimum atomic E-state index is -4.86. The first-order valence-corrected chi connectivity index (χ1v) is 8.82. The molecule has 0 aliphatic rings. The predicted octanol–water partition coefficient (Wildman–Crippen LogP) is 1.48. The van der Waals surface area contributed by atoms with E-state index in [1.54, 1.807) is 30.3 Å². The van der Waals surface area contributed by atoms with Crippen LogP contribution in [0, 0.1) is 0 Å². The molecule has 0 fully saturated rings. The topological polar surface area (TPSA) is 129 Å². The molecule has 0 saturated carbocycles. The molecule has 0 aliphatic heterocycles. The lowest BCUT2D eigenvalue weighted by atomic mass is 10.1. The van der Waals surface area contributed by atoms with Crippen molar-refractivity contribution in [3.05, 3.63) is 53.6 Å². The molecule has 0 unspecified atom stereocenters. The summed E-state index contributed by atoms with van der Waals surface area (Å²) in [4.78, 5) is -1.96. The van der Waals surface area contributed by atoms with E-state index in [0.29, 0.717) is 0 Å². The van der Waals surface area contributed by atoms with Crippen molar-refractivity contribution in [2.45, 2.75) is 16.2 Å². The van der Waals surface area contributed by atoms with Gasteiger partial charge < -0.3 is 5.11 Å². The average Bonchev–Trinajstić information content (AvgIpc) is 2.39. The fourth-order valence-corrected chi connectivity index (χ4v) is 3.34. The van der Waals surface area contributed by atoms with Gasteiger partial charge in [0.05, 0.1) is 0 Å². The van der Waals surface area contributed by atoms with E-state index in [9.17, 15) is 21.9 Å². The van der Waals surface area contributed by atoms with Crippen LogP contribution in [-0.4, -0.2) is 31.0 Å². The highest BCUT2D eigenvalue weighted by Gasteiger charge is 2.25. The fourth-order valence-electron chi connectivity index (χ4n) is 1.96. The zero-order valence-corrected chi connectivity index (χ0v) is 12.7. The Hall–Kier alpha value is -1.94. The molecule has 9 heteroatoms. The summed E-state index contributed by atoms with van der Waals surface area (Å²) in [5.74, 6) is -1.22. The normalized spacial score (nSPS) is 12.3. The minimum absolute atomic E-state index is 0.145. The maximum atomic E-state index is 11.3. The van der Waals surface area contributed by atoms with Crippen LogP contribution in [0.5, 0.6) is 5.75 Å². The molecule has 0 aliphatic carbocycles. The highest BCUT2D eigenvalue weighted by atomic mass is 32.2. The summed E-state index contributed by atoms with van der Waals surface area (Å²) in [5, 5.41) is 9.67. The van der Waals surface area contributed by atoms with Crippen LogP contribution in [0.4, 0.5) is 0 Å². The van der Waals surface area contributed by atoms with Crippen molar-refractivity contribution >= 4 is 20.2 Å². The number of aromatic hydroxyl groups is 1. The lowest BCUT2D eigenvalue weighted by Gasteiger charge is -2.10. The van der Waals surface area contributed by atoms with E-state index in [2.05, 4.69) is 0 Å². The third kappa shape index (κ3) is 3.63. The highest BCUT2D eigenvalue weighted by molar-refractivity contribution is 7.86. The number of benzene rings is 2. The summed E-state index contributed by atoms with van der Waals surface area (Å²) in [6.45, 7) is 0. The number of phenolic OH excluding ortho intramolecular Hbond substituents is 1. The molecule has 118 valence electrons. The van der Waals surface area contributed by atoms with Crippen LogP contribution in [0.2, 0.25) is 0 Å². The van der Waals surface area contributed by atoms with Crippen LogP contribution < -0.4 is 0 Å². The highest BCUT2D eigenvalue weighted by Crippen LogP contribution is 2.32. The summed E-state index contributed by atoms with van der Waals surface area (Å²) < 4.78 is 63.2. The summed E-state index contributed by atoms with van der Waals surface area (Å²) in [7, 11) is -9.71. The molecule has 0 atom stereocenters. The Kier molecular flexibility index (Phi) is 4.25. The Balaban J connectivity index is 2.66. The van der Waals surface area contributed by atoms with Gasteiger partial charge in [0.15, 0.2) is 5.75 Å². The van der Waals surface area contributed by atoms with Crippen molar-refractivity contribution in [3.8, 4) is 5.75 Å². The van der Waals surface area contributed by atoms with Crippen LogP contribution in [-0.2, 0) is 26.7 Å². The molecule has 0 radical (unpaired) electrons. The molecule has 0 bridgehead atoms. The van der Waals surface area contributed by atoms with Crippen molar-refractivity contribution in [1.82, 2.24) is 0 Å². The lowest BCUT2D eigenvalue weighted by molar-refractivity contribution is 0.422. The predicted molar refractivity (Wildman–Crippen MR) is 77.0 cm³/mol. The average molecular weight is 344 g/mol. The first kappa shape index (κ1) is 16.4. The van der Waals surface area contributed by atoms with Gasteiger partial charge in [0, 0.05) is 0 Å². The summed E-state index contributed by atoms with van der Waals surface area (Å²) in [6.07, 6.45) is 0.145. The third-order valence-electron chi connectivity index (χ3n) is 2.91. The molecule has 0 saturated heterocycles. The molecule has 0 aromatic heterocycles. The summed E-state index contributed by atoms with van der Waals surface area (Å²) in [5.41, 5.74) is 0.931. The zero-order chi connectivity index (χ0) is 16.5. The Morgan fingerprint density at radius 3 is 1.64 bits per heavy atom. The Morgan fingerprint density at radius 1 is 0.773 bits per heavy atom. The largest absolute Gasteiger partial charge is 0.505 e. The quantitative estimate of drug-likeness (QED) is 0.716. The van der Waals surface area contributed by atoms with Crippen LogP contribution >= 0.6 is 0 Å². The van der Waals surface area contributed by atoms with Gasteiger partial charge in [-0.3, -0.25) is 9.11 Å². The standard InChI is InChI=1S/C13H12O7S2/c14-13-11(21(15,16)17)7-10(8-12(13)22(18,19)20)6-9-4-2-1-3-5-9/h1-5,7-8,14H,6H2,(H,15,16,17)(H,18,19,20). The van der Waals surface area contributed by atoms with E-state index in [0.717, 1.165) is 17.7 Å². The second-order valence-corrected chi connectivity index (χ2v) is 7.33. The molecular weight excluding hydrogens is 332 g/mol. The molecule has 7 nitrogen and oxygen atoms in total. The van der Waals surface area contributed by atoms with E-state index < -0.39 is 35.8 Å². The van der Waals surface area contributed by atoms with Gasteiger partial charge in [-0.25, -0.2) is 0 Å². The monoisotopic (exact) mass is 344 g/mol. The molecular formula is C13H12O7S2. The van der Waals surface area contributed by atoms with Crippen LogP contribution in [0.1, 0.15) is 11.1 Å². The molecule has 0 amide bonds. The van der Waals surface area contributed by atoms with E-state index in [1.807, 2.05) is 0 Å². The molecule has 2 rings (SSSR count). The third-order valence-corrected chi connectivity index (χ3v) is 4.64. The number of hydrogen-bond donors (Lipinski definition) is 3. The number of rotatable bonds is 4. The van der Waals surface area contributed by atoms with Gasteiger partial charge in [-0.2, -0.15) is 16.8 Å². The second-order valence-electron chi connectivity index (χ2n) is 4.55. The van der Waals surface area contributed by atoms with E-state index >= 15 is 0 Å². The van der Waals surface area contributed by atoms with E-state index in [4.69, 9.17) is 9.11 Å². The molecule has 2 aromatic carbocycles. The fraction of sp³-hybridized carbons (Fsp3) is 0.0769. The van der Waals surface area contributed by atoms with Gasteiger partial charge in [-0.15, -0.1) is 0 Å². The maximum absolute atomic E-state index is 11.3. The van der Waals surface area contributed by atoms with Crippen molar-refractivity contribution in [1.29, 1.82) is 0 Å². The molecule has 0 heterocycles. The Labute approximate surface area is 127 Å². The number of hydrogen-bond acceptors (Lipinski definition) is 5. The van der Waals surface area contributed by atoms with Gasteiger partial charge in [0.2, 0.25) is 0 Å². The van der Waals surface area contributed by atoms with Gasteiger partial charge >= 0.3 is 0 Å². The van der Waals surface area contributed by atoms with Crippen molar-refractivity contribution in [2.24, 2.45) is 0 Å². The number of phenols is 1. The first-order chi connectivity index (χ1) is 10.1. The molecule has 0 spiro atoms.